The molecular weight excluding hydrogens is 294 g/mol. The van der Waals surface area contributed by atoms with Gasteiger partial charge in [0.05, 0.1) is 0 Å². The maximum atomic E-state index is 5.87. The van der Waals surface area contributed by atoms with E-state index in [0.29, 0.717) is 12.5 Å². The van der Waals surface area contributed by atoms with Gasteiger partial charge in [-0.1, -0.05) is 75.4 Å². The van der Waals surface area contributed by atoms with Crippen LogP contribution >= 0.6 is 0 Å². The quantitative estimate of drug-likeness (QED) is 0.622. The Labute approximate surface area is 144 Å². The molecule has 24 heavy (non-hydrogen) atoms. The Balaban J connectivity index is 1.86. The highest BCUT2D eigenvalue weighted by Gasteiger charge is 2.18. The van der Waals surface area contributed by atoms with Crippen LogP contribution in [0.25, 0.3) is 11.1 Å². The summed E-state index contributed by atoms with van der Waals surface area (Å²) >= 11 is 0. The summed E-state index contributed by atoms with van der Waals surface area (Å²) in [5.41, 5.74) is 4.92. The molecule has 0 bridgehead atoms. The molecule has 2 nitrogen and oxygen atoms in total. The Hall–Kier alpha value is -2.61. The fraction of sp³-hybridized carbons (Fsp3) is 0.227. The number of benzene rings is 2. The molecule has 0 aliphatic carbocycles. The minimum absolute atomic E-state index is 0.0882. The van der Waals surface area contributed by atoms with Crippen LogP contribution in [0.4, 0.5) is 0 Å². The van der Waals surface area contributed by atoms with E-state index >= 15 is 0 Å². The molecule has 0 unspecified atom stereocenters. The predicted molar refractivity (Wildman–Crippen MR) is 99.1 cm³/mol. The molecule has 2 heteroatoms. The second kappa shape index (κ2) is 6.88. The summed E-state index contributed by atoms with van der Waals surface area (Å²) in [6.45, 7) is 7.23. The average molecular weight is 317 g/mol. The minimum atomic E-state index is 0.0882. The third-order valence-corrected chi connectivity index (χ3v) is 4.01. The largest absolute Gasteiger partial charge is 0.473 e. The van der Waals surface area contributed by atoms with Crippen LogP contribution in [0.5, 0.6) is 5.88 Å². The van der Waals surface area contributed by atoms with Crippen LogP contribution in [-0.2, 0) is 12.0 Å². The lowest BCUT2D eigenvalue weighted by Crippen LogP contribution is -2.12. The van der Waals surface area contributed by atoms with Gasteiger partial charge in [0.15, 0.2) is 0 Å². The fourth-order valence-corrected chi connectivity index (χ4v) is 2.78. The topological polar surface area (TPSA) is 22.1 Å². The maximum Gasteiger partial charge on any atom is 0.214 e. The molecule has 0 saturated carbocycles. The third-order valence-electron chi connectivity index (χ3n) is 4.01. The van der Waals surface area contributed by atoms with Gasteiger partial charge in [-0.25, -0.2) is 4.98 Å². The molecular formula is C22H23NO. The van der Waals surface area contributed by atoms with Gasteiger partial charge in [0.2, 0.25) is 5.88 Å². The van der Waals surface area contributed by atoms with Crippen molar-refractivity contribution in [3.63, 3.8) is 0 Å². The van der Waals surface area contributed by atoms with Crippen LogP contribution in [-0.4, -0.2) is 4.98 Å². The second-order valence-electron chi connectivity index (χ2n) is 6.95. The molecule has 0 atom stereocenters. The Kier molecular flexibility index (Phi) is 4.66. The summed E-state index contributed by atoms with van der Waals surface area (Å²) in [4.78, 5) is 4.35. The first-order valence-corrected chi connectivity index (χ1v) is 8.27. The SMILES string of the molecule is CC(C)(C)c1ccccc1-c1ccnc(OCc2ccccc2)c1. The van der Waals surface area contributed by atoms with Crippen molar-refractivity contribution in [3.8, 4) is 17.0 Å². The van der Waals surface area contributed by atoms with Gasteiger partial charge in [0, 0.05) is 12.3 Å². The number of hydrogen-bond donors (Lipinski definition) is 0. The van der Waals surface area contributed by atoms with Crippen LogP contribution in [0.3, 0.4) is 0 Å². The molecule has 1 aromatic heterocycles. The minimum Gasteiger partial charge on any atom is -0.473 e. The lowest BCUT2D eigenvalue weighted by molar-refractivity contribution is 0.294. The summed E-state index contributed by atoms with van der Waals surface area (Å²) in [6.07, 6.45) is 1.81. The van der Waals surface area contributed by atoms with Crippen molar-refractivity contribution in [1.82, 2.24) is 4.98 Å². The molecule has 0 radical (unpaired) electrons. The van der Waals surface area contributed by atoms with E-state index in [9.17, 15) is 0 Å². The van der Waals surface area contributed by atoms with Crippen molar-refractivity contribution >= 4 is 0 Å². The molecule has 0 aliphatic rings. The zero-order valence-corrected chi connectivity index (χ0v) is 14.5. The highest BCUT2D eigenvalue weighted by molar-refractivity contribution is 5.69. The van der Waals surface area contributed by atoms with Gasteiger partial charge in [-0.2, -0.15) is 0 Å². The standard InChI is InChI=1S/C22H23NO/c1-22(2,3)20-12-8-7-11-19(20)18-13-14-23-21(15-18)24-16-17-9-5-4-6-10-17/h4-15H,16H2,1-3H3. The molecule has 0 amide bonds. The molecule has 2 aromatic carbocycles. The number of ether oxygens (including phenoxy) is 1. The van der Waals surface area contributed by atoms with Crippen LogP contribution in [0.2, 0.25) is 0 Å². The number of rotatable bonds is 4. The van der Waals surface area contributed by atoms with Gasteiger partial charge in [0.1, 0.15) is 6.61 Å². The number of nitrogens with zero attached hydrogens (tertiary/aromatic N) is 1. The molecule has 1 heterocycles. The van der Waals surface area contributed by atoms with E-state index in [0.717, 1.165) is 11.1 Å². The maximum absolute atomic E-state index is 5.87. The lowest BCUT2D eigenvalue weighted by Gasteiger charge is -2.23. The van der Waals surface area contributed by atoms with E-state index in [1.54, 1.807) is 0 Å². The summed E-state index contributed by atoms with van der Waals surface area (Å²) in [5, 5.41) is 0. The highest BCUT2D eigenvalue weighted by Crippen LogP contribution is 2.33. The molecule has 0 spiro atoms. The van der Waals surface area contributed by atoms with E-state index < -0.39 is 0 Å². The third kappa shape index (κ3) is 3.83. The second-order valence-corrected chi connectivity index (χ2v) is 6.95. The lowest BCUT2D eigenvalue weighted by atomic mass is 9.82. The van der Waals surface area contributed by atoms with Crippen LogP contribution in [0, 0.1) is 0 Å². The van der Waals surface area contributed by atoms with Crippen LogP contribution in [0.1, 0.15) is 31.9 Å². The zero-order chi connectivity index (χ0) is 17.0. The normalized spacial score (nSPS) is 11.3. The Bertz CT molecular complexity index is 803. The van der Waals surface area contributed by atoms with Gasteiger partial charge in [-0.3, -0.25) is 0 Å². The van der Waals surface area contributed by atoms with E-state index in [1.807, 2.05) is 36.5 Å². The molecule has 0 N–H and O–H groups in total. The Morgan fingerprint density at radius 3 is 2.33 bits per heavy atom. The predicted octanol–water partition coefficient (Wildman–Crippen LogP) is 5.63. The summed E-state index contributed by atoms with van der Waals surface area (Å²) in [6, 6.07) is 22.7. The van der Waals surface area contributed by atoms with Crippen LogP contribution in [0.15, 0.2) is 72.9 Å². The van der Waals surface area contributed by atoms with Crippen molar-refractivity contribution in [2.75, 3.05) is 0 Å². The monoisotopic (exact) mass is 317 g/mol. The summed E-state index contributed by atoms with van der Waals surface area (Å²) in [5.74, 6) is 0.653. The number of pyridine rings is 1. The van der Waals surface area contributed by atoms with Crippen molar-refractivity contribution in [2.45, 2.75) is 32.8 Å². The van der Waals surface area contributed by atoms with Gasteiger partial charge in [0.25, 0.3) is 0 Å². The number of hydrogen-bond acceptors (Lipinski definition) is 2. The first kappa shape index (κ1) is 16.3. The average Bonchev–Trinajstić information content (AvgIpc) is 2.60. The number of aromatic nitrogens is 1. The van der Waals surface area contributed by atoms with E-state index in [4.69, 9.17) is 4.74 Å². The first-order valence-electron chi connectivity index (χ1n) is 8.27. The Morgan fingerprint density at radius 2 is 1.58 bits per heavy atom. The summed E-state index contributed by atoms with van der Waals surface area (Å²) in [7, 11) is 0. The van der Waals surface area contributed by atoms with Crippen molar-refractivity contribution in [1.29, 1.82) is 0 Å². The van der Waals surface area contributed by atoms with Crippen molar-refractivity contribution in [2.24, 2.45) is 0 Å². The molecule has 0 fully saturated rings. The van der Waals surface area contributed by atoms with Crippen molar-refractivity contribution < 1.29 is 4.74 Å². The molecule has 122 valence electrons. The van der Waals surface area contributed by atoms with Gasteiger partial charge in [-0.15, -0.1) is 0 Å². The summed E-state index contributed by atoms with van der Waals surface area (Å²) < 4.78 is 5.87. The molecule has 0 saturated heterocycles. The highest BCUT2D eigenvalue weighted by atomic mass is 16.5. The zero-order valence-electron chi connectivity index (χ0n) is 14.5. The van der Waals surface area contributed by atoms with Gasteiger partial charge in [-0.05, 0) is 33.7 Å². The Morgan fingerprint density at radius 1 is 0.875 bits per heavy atom. The van der Waals surface area contributed by atoms with E-state index in [-0.39, 0.29) is 5.41 Å². The van der Waals surface area contributed by atoms with Crippen molar-refractivity contribution in [3.05, 3.63) is 84.1 Å². The van der Waals surface area contributed by atoms with Gasteiger partial charge >= 0.3 is 0 Å². The molecule has 3 rings (SSSR count). The van der Waals surface area contributed by atoms with Crippen LogP contribution < -0.4 is 4.74 Å². The van der Waals surface area contributed by atoms with E-state index in [2.05, 4.69) is 62.2 Å². The van der Waals surface area contributed by atoms with E-state index in [1.165, 1.54) is 11.1 Å². The van der Waals surface area contributed by atoms with Gasteiger partial charge < -0.3 is 4.74 Å². The molecule has 0 aliphatic heterocycles. The smallest absolute Gasteiger partial charge is 0.214 e. The first-order chi connectivity index (χ1) is 11.5. The fourth-order valence-electron chi connectivity index (χ4n) is 2.78. The molecule has 3 aromatic rings.